The van der Waals surface area contributed by atoms with Gasteiger partial charge in [-0.25, -0.2) is 9.37 Å². The van der Waals surface area contributed by atoms with Crippen molar-refractivity contribution in [2.24, 2.45) is 0 Å². The number of amides is 1. The Labute approximate surface area is 175 Å². The van der Waals surface area contributed by atoms with Gasteiger partial charge in [0.2, 0.25) is 5.91 Å². The molecular weight excluding hydrogens is 387 g/mol. The summed E-state index contributed by atoms with van der Waals surface area (Å²) in [5, 5.41) is 0. The molecule has 1 aromatic heterocycles. The third kappa shape index (κ3) is 5.06. The summed E-state index contributed by atoms with van der Waals surface area (Å²) in [5.74, 6) is 0.895. The molecule has 0 aliphatic carbocycles. The van der Waals surface area contributed by atoms with Crippen LogP contribution in [0.15, 0.2) is 42.6 Å². The van der Waals surface area contributed by atoms with Gasteiger partial charge >= 0.3 is 0 Å². The summed E-state index contributed by atoms with van der Waals surface area (Å²) in [6.45, 7) is 3.50. The average Bonchev–Trinajstić information content (AvgIpc) is 2.76. The van der Waals surface area contributed by atoms with Gasteiger partial charge in [-0.3, -0.25) is 9.69 Å². The van der Waals surface area contributed by atoms with Crippen LogP contribution in [-0.4, -0.2) is 65.7 Å². The number of carbonyl (C=O) groups excluding carboxylic acids is 1. The van der Waals surface area contributed by atoms with Crippen molar-refractivity contribution in [1.82, 2.24) is 14.8 Å². The number of carbonyl (C=O) groups is 1. The predicted octanol–water partition coefficient (Wildman–Crippen LogP) is 2.07. The van der Waals surface area contributed by atoms with Gasteiger partial charge in [-0.2, -0.15) is 0 Å². The summed E-state index contributed by atoms with van der Waals surface area (Å²) >= 11 is 0. The van der Waals surface area contributed by atoms with Gasteiger partial charge in [0.1, 0.15) is 36.7 Å². The number of hydrogen-bond acceptors (Lipinski definition) is 6. The fraction of sp³-hybridized carbons (Fsp3) is 0.455. The molecule has 1 amide bonds. The van der Waals surface area contributed by atoms with Crippen LogP contribution in [0.25, 0.3) is 0 Å². The molecule has 0 bridgehead atoms. The lowest BCUT2D eigenvalue weighted by Crippen LogP contribution is -2.55. The minimum atomic E-state index is -0.300. The van der Waals surface area contributed by atoms with Crippen LogP contribution in [0.1, 0.15) is 18.4 Å². The first-order valence-corrected chi connectivity index (χ1v) is 10.3. The molecule has 0 saturated carbocycles. The molecule has 0 radical (unpaired) electrons. The van der Waals surface area contributed by atoms with Gasteiger partial charge in [-0.05, 0) is 43.2 Å². The highest BCUT2D eigenvalue weighted by molar-refractivity contribution is 5.78. The van der Waals surface area contributed by atoms with Crippen LogP contribution in [0.5, 0.6) is 5.75 Å². The molecule has 4 rings (SSSR count). The minimum Gasteiger partial charge on any atom is -0.491 e. The maximum Gasteiger partial charge on any atom is 0.248 e. The van der Waals surface area contributed by atoms with E-state index in [0.717, 1.165) is 38.0 Å². The molecule has 160 valence electrons. The second kappa shape index (κ2) is 9.40. The topological polar surface area (TPSA) is 80.9 Å². The van der Waals surface area contributed by atoms with E-state index in [9.17, 15) is 9.18 Å². The Morgan fingerprint density at radius 2 is 1.97 bits per heavy atom. The second-order valence-electron chi connectivity index (χ2n) is 7.80. The van der Waals surface area contributed by atoms with E-state index < -0.39 is 0 Å². The van der Waals surface area contributed by atoms with Gasteiger partial charge in [0.25, 0.3) is 0 Å². The number of nitrogen functional groups attached to an aromatic ring is 1. The molecule has 1 atom stereocenters. The van der Waals surface area contributed by atoms with Gasteiger partial charge in [0, 0.05) is 37.4 Å². The molecule has 2 aliphatic heterocycles. The first-order chi connectivity index (χ1) is 14.6. The van der Waals surface area contributed by atoms with E-state index in [-0.39, 0.29) is 30.5 Å². The molecule has 2 aromatic rings. The number of hydrogen-bond donors (Lipinski definition) is 1. The van der Waals surface area contributed by atoms with E-state index in [4.69, 9.17) is 15.2 Å². The molecule has 2 aliphatic rings. The van der Waals surface area contributed by atoms with Crippen molar-refractivity contribution in [3.8, 4) is 5.75 Å². The SMILES string of the molecule is Nc1ncccc1CN1CCC(N2C[C@@H](COc3ccc(F)cc3)OCC2=O)CC1. The summed E-state index contributed by atoms with van der Waals surface area (Å²) in [5.41, 5.74) is 7.00. The fourth-order valence-corrected chi connectivity index (χ4v) is 4.03. The lowest BCUT2D eigenvalue weighted by Gasteiger charge is -2.42. The maximum absolute atomic E-state index is 13.0. The second-order valence-corrected chi connectivity index (χ2v) is 7.80. The van der Waals surface area contributed by atoms with Gasteiger partial charge in [0.05, 0.1) is 6.54 Å². The van der Waals surface area contributed by atoms with Crippen molar-refractivity contribution in [2.45, 2.75) is 31.5 Å². The Morgan fingerprint density at radius 3 is 2.70 bits per heavy atom. The van der Waals surface area contributed by atoms with Crippen molar-refractivity contribution in [2.75, 3.05) is 38.6 Å². The molecule has 3 heterocycles. The Hall–Kier alpha value is -2.71. The summed E-state index contributed by atoms with van der Waals surface area (Å²) in [6.07, 6.45) is 3.33. The summed E-state index contributed by atoms with van der Waals surface area (Å²) < 4.78 is 24.4. The zero-order valence-corrected chi connectivity index (χ0v) is 16.9. The predicted molar refractivity (Wildman–Crippen MR) is 110 cm³/mol. The number of nitrogens with zero attached hydrogens (tertiary/aromatic N) is 3. The highest BCUT2D eigenvalue weighted by atomic mass is 19.1. The van der Waals surface area contributed by atoms with Crippen molar-refractivity contribution >= 4 is 11.7 Å². The standard InChI is InChI=1S/C22H27FN4O3/c23-17-3-5-19(6-4-17)29-14-20-13-27(21(28)15-30-20)18-7-10-26(11-8-18)12-16-2-1-9-25-22(16)24/h1-6,9,18,20H,7-8,10-15H2,(H2,24,25)/t20-/m0/s1. The van der Waals surface area contributed by atoms with Crippen molar-refractivity contribution in [1.29, 1.82) is 0 Å². The lowest BCUT2D eigenvalue weighted by atomic mass is 10.0. The van der Waals surface area contributed by atoms with E-state index in [1.165, 1.54) is 12.1 Å². The lowest BCUT2D eigenvalue weighted by molar-refractivity contribution is -0.155. The number of likely N-dealkylation sites (tertiary alicyclic amines) is 1. The van der Waals surface area contributed by atoms with Crippen molar-refractivity contribution < 1.29 is 18.7 Å². The van der Waals surface area contributed by atoms with Crippen LogP contribution in [0.3, 0.4) is 0 Å². The van der Waals surface area contributed by atoms with E-state index in [1.54, 1.807) is 18.3 Å². The number of pyridine rings is 1. The molecule has 2 fully saturated rings. The molecular formula is C22H27FN4O3. The Morgan fingerprint density at radius 1 is 1.20 bits per heavy atom. The molecule has 30 heavy (non-hydrogen) atoms. The first kappa shape index (κ1) is 20.6. The molecule has 0 spiro atoms. The minimum absolute atomic E-state index is 0.0305. The van der Waals surface area contributed by atoms with Gasteiger partial charge in [-0.1, -0.05) is 6.07 Å². The Bertz CT molecular complexity index is 856. The number of halogens is 1. The summed E-state index contributed by atoms with van der Waals surface area (Å²) in [6, 6.07) is 10.0. The number of anilines is 1. The third-order valence-corrected chi connectivity index (χ3v) is 5.73. The number of morpholine rings is 1. The number of ether oxygens (including phenoxy) is 2. The Balaban J connectivity index is 1.27. The molecule has 2 saturated heterocycles. The van der Waals surface area contributed by atoms with E-state index in [1.807, 2.05) is 17.0 Å². The number of aromatic nitrogens is 1. The van der Waals surface area contributed by atoms with Crippen LogP contribution in [0, 0.1) is 5.82 Å². The van der Waals surface area contributed by atoms with Crippen molar-refractivity contribution in [3.05, 3.63) is 54.0 Å². The number of benzene rings is 1. The van der Waals surface area contributed by atoms with Gasteiger partial charge in [-0.15, -0.1) is 0 Å². The first-order valence-electron chi connectivity index (χ1n) is 10.3. The zero-order chi connectivity index (χ0) is 20.9. The average molecular weight is 414 g/mol. The highest BCUT2D eigenvalue weighted by Gasteiger charge is 2.33. The molecule has 1 aromatic carbocycles. The highest BCUT2D eigenvalue weighted by Crippen LogP contribution is 2.23. The van der Waals surface area contributed by atoms with E-state index in [0.29, 0.717) is 24.7 Å². The molecule has 2 N–H and O–H groups in total. The fourth-order valence-electron chi connectivity index (χ4n) is 4.03. The van der Waals surface area contributed by atoms with E-state index >= 15 is 0 Å². The van der Waals surface area contributed by atoms with Crippen LogP contribution >= 0.6 is 0 Å². The Kier molecular flexibility index (Phi) is 6.44. The number of nitrogens with two attached hydrogens (primary N) is 1. The quantitative estimate of drug-likeness (QED) is 0.780. The molecule has 7 nitrogen and oxygen atoms in total. The van der Waals surface area contributed by atoms with Crippen molar-refractivity contribution in [3.63, 3.8) is 0 Å². The van der Waals surface area contributed by atoms with E-state index in [2.05, 4.69) is 9.88 Å². The van der Waals surface area contributed by atoms with Gasteiger partial charge < -0.3 is 20.1 Å². The van der Waals surface area contributed by atoms with Crippen LogP contribution < -0.4 is 10.5 Å². The number of piperidine rings is 1. The molecule has 0 unspecified atom stereocenters. The third-order valence-electron chi connectivity index (χ3n) is 5.73. The monoisotopic (exact) mass is 414 g/mol. The summed E-state index contributed by atoms with van der Waals surface area (Å²) in [4.78, 5) is 20.9. The van der Waals surface area contributed by atoms with Crippen LogP contribution in [-0.2, 0) is 16.1 Å². The van der Waals surface area contributed by atoms with Crippen LogP contribution in [0.4, 0.5) is 10.2 Å². The summed E-state index contributed by atoms with van der Waals surface area (Å²) in [7, 11) is 0. The largest absolute Gasteiger partial charge is 0.491 e. The van der Waals surface area contributed by atoms with Crippen LogP contribution in [0.2, 0.25) is 0 Å². The number of rotatable bonds is 6. The maximum atomic E-state index is 13.0. The smallest absolute Gasteiger partial charge is 0.248 e. The molecule has 8 heteroatoms. The zero-order valence-electron chi connectivity index (χ0n) is 16.9. The van der Waals surface area contributed by atoms with Gasteiger partial charge in [0.15, 0.2) is 0 Å². The normalized spacial score (nSPS) is 21.0.